The van der Waals surface area contributed by atoms with Crippen LogP contribution in [-0.4, -0.2) is 58.5 Å². The number of likely N-dealkylation sites (N-methyl/N-ethyl adjacent to an activating group) is 1. The predicted octanol–water partition coefficient (Wildman–Crippen LogP) is 3.55. The average Bonchev–Trinajstić information content (AvgIpc) is 3.45. The van der Waals surface area contributed by atoms with Crippen molar-refractivity contribution in [2.75, 3.05) is 26.0 Å². The van der Waals surface area contributed by atoms with Crippen molar-refractivity contribution in [2.45, 2.75) is 18.6 Å². The van der Waals surface area contributed by atoms with E-state index in [1.165, 1.54) is 19.5 Å². The number of nitrogens with one attached hydrogen (secondary N) is 1. The molecule has 1 aliphatic rings. The molecule has 5 rings (SSSR count). The number of likely N-dealkylation sites (tertiary alicyclic amines) is 1. The Kier molecular flexibility index (Phi) is 6.34. The molecule has 3 atom stereocenters. The number of benzene rings is 2. The van der Waals surface area contributed by atoms with Crippen molar-refractivity contribution in [1.82, 2.24) is 24.2 Å². The van der Waals surface area contributed by atoms with Crippen LogP contribution in [0, 0.1) is 5.82 Å². The Morgan fingerprint density at radius 1 is 1.27 bits per heavy atom. The molecule has 1 amide bonds. The van der Waals surface area contributed by atoms with E-state index in [0.717, 1.165) is 5.82 Å². The highest BCUT2D eigenvalue weighted by Gasteiger charge is 2.51. The Morgan fingerprint density at radius 3 is 2.78 bits per heavy atom. The van der Waals surface area contributed by atoms with Gasteiger partial charge >= 0.3 is 0 Å². The van der Waals surface area contributed by atoms with E-state index in [-0.39, 0.29) is 21.3 Å². The van der Waals surface area contributed by atoms with Crippen LogP contribution in [0.3, 0.4) is 0 Å². The summed E-state index contributed by atoms with van der Waals surface area (Å²) in [7, 11) is 5.31. The number of quaternary nitrogens is 1. The molecular formula is C25H26ClFN7O3+. The molecule has 3 heterocycles. The number of carbonyl (C=O) groups is 1. The van der Waals surface area contributed by atoms with E-state index in [4.69, 9.17) is 26.8 Å². The Balaban J connectivity index is 1.50. The molecule has 0 saturated carbocycles. The number of fused-ring (bicyclic) bond motifs is 1. The number of hydrogen-bond donors (Lipinski definition) is 2. The van der Waals surface area contributed by atoms with Gasteiger partial charge in [-0.25, -0.2) is 19.0 Å². The van der Waals surface area contributed by atoms with Gasteiger partial charge in [0.15, 0.2) is 29.5 Å². The first-order chi connectivity index (χ1) is 17.7. The molecular weight excluding hydrogens is 501 g/mol. The molecule has 1 saturated heterocycles. The number of aromatic nitrogens is 4. The third-order valence-electron chi connectivity index (χ3n) is 6.82. The number of primary amides is 1. The van der Waals surface area contributed by atoms with Gasteiger partial charge in [-0.3, -0.25) is 9.28 Å². The molecule has 0 radical (unpaired) electrons. The van der Waals surface area contributed by atoms with Gasteiger partial charge in [0.2, 0.25) is 5.82 Å². The molecule has 2 aromatic carbocycles. The first-order valence-corrected chi connectivity index (χ1v) is 11.9. The van der Waals surface area contributed by atoms with Gasteiger partial charge < -0.3 is 20.5 Å². The number of nitrogens with two attached hydrogens (primary N) is 1. The minimum atomic E-state index is -0.586. The maximum absolute atomic E-state index is 14.5. The lowest BCUT2D eigenvalue weighted by Crippen LogP contribution is -2.56. The Hall–Kier alpha value is -3.96. The monoisotopic (exact) mass is 526 g/mol. The van der Waals surface area contributed by atoms with E-state index < -0.39 is 17.8 Å². The number of amides is 1. The third kappa shape index (κ3) is 4.40. The fourth-order valence-corrected chi connectivity index (χ4v) is 5.21. The van der Waals surface area contributed by atoms with Crippen LogP contribution >= 0.6 is 11.6 Å². The predicted molar refractivity (Wildman–Crippen MR) is 139 cm³/mol. The minimum absolute atomic E-state index is 0.00566. The van der Waals surface area contributed by atoms with E-state index in [0.29, 0.717) is 41.2 Å². The highest BCUT2D eigenvalue weighted by atomic mass is 35.5. The number of carbonyl (C=O) groups excluding carboxylic acids is 1. The smallest absolute Gasteiger partial charge is 0.276 e. The van der Waals surface area contributed by atoms with Crippen molar-refractivity contribution < 1.29 is 18.7 Å². The summed E-state index contributed by atoms with van der Waals surface area (Å²) >= 11 is 5.94. The van der Waals surface area contributed by atoms with Crippen LogP contribution in [0.25, 0.3) is 10.9 Å². The van der Waals surface area contributed by atoms with Crippen molar-refractivity contribution in [2.24, 2.45) is 12.8 Å². The summed E-state index contributed by atoms with van der Waals surface area (Å²) in [5.41, 5.74) is 6.55. The van der Waals surface area contributed by atoms with Crippen LogP contribution in [0.15, 0.2) is 48.9 Å². The molecule has 12 heteroatoms. The molecule has 192 valence electrons. The lowest BCUT2D eigenvalue weighted by Gasteiger charge is -2.32. The number of anilines is 2. The molecule has 2 aromatic heterocycles. The number of aryl methyl sites for hydroxylation is 1. The van der Waals surface area contributed by atoms with Gasteiger partial charge in [-0.1, -0.05) is 17.7 Å². The molecule has 3 N–H and O–H groups in total. The number of nitrogens with zero attached hydrogens (tertiary/aromatic N) is 5. The molecule has 10 nitrogen and oxygen atoms in total. The zero-order valence-electron chi connectivity index (χ0n) is 20.5. The van der Waals surface area contributed by atoms with Crippen molar-refractivity contribution in [3.05, 3.63) is 59.8 Å². The number of ether oxygens (including phenoxy) is 2. The second-order valence-corrected chi connectivity index (χ2v) is 9.53. The van der Waals surface area contributed by atoms with Gasteiger partial charge in [-0.2, -0.15) is 5.10 Å². The lowest BCUT2D eigenvalue weighted by atomic mass is 10.1. The maximum Gasteiger partial charge on any atom is 0.276 e. The Morgan fingerprint density at radius 2 is 2.08 bits per heavy atom. The first-order valence-electron chi connectivity index (χ1n) is 11.5. The molecule has 1 unspecified atom stereocenters. The summed E-state index contributed by atoms with van der Waals surface area (Å²) in [4.78, 5) is 21.0. The maximum atomic E-state index is 14.5. The highest BCUT2D eigenvalue weighted by molar-refractivity contribution is 6.31. The van der Waals surface area contributed by atoms with Gasteiger partial charge in [-0.15, -0.1) is 0 Å². The zero-order chi connectivity index (χ0) is 26.3. The highest BCUT2D eigenvalue weighted by Crippen LogP contribution is 2.39. The summed E-state index contributed by atoms with van der Waals surface area (Å²) in [6.45, 7) is 0.485. The van der Waals surface area contributed by atoms with E-state index in [2.05, 4.69) is 20.4 Å². The van der Waals surface area contributed by atoms with Gasteiger partial charge in [0.05, 0.1) is 43.0 Å². The summed E-state index contributed by atoms with van der Waals surface area (Å²) < 4.78 is 28.5. The Bertz CT molecular complexity index is 1500. The van der Waals surface area contributed by atoms with Gasteiger partial charge in [-0.05, 0) is 18.2 Å². The van der Waals surface area contributed by atoms with E-state index >= 15 is 0 Å². The second kappa shape index (κ2) is 9.49. The zero-order valence-corrected chi connectivity index (χ0v) is 21.2. The van der Waals surface area contributed by atoms with Crippen LogP contribution in [-0.2, 0) is 11.8 Å². The van der Waals surface area contributed by atoms with Gasteiger partial charge in [0.1, 0.15) is 18.7 Å². The van der Waals surface area contributed by atoms with E-state index in [1.54, 1.807) is 35.1 Å². The van der Waals surface area contributed by atoms with Crippen LogP contribution in [0.1, 0.15) is 6.42 Å². The fourth-order valence-electron chi connectivity index (χ4n) is 5.03. The van der Waals surface area contributed by atoms with Crippen molar-refractivity contribution in [3.63, 3.8) is 0 Å². The quantitative estimate of drug-likeness (QED) is 0.354. The van der Waals surface area contributed by atoms with Crippen LogP contribution < -0.4 is 25.0 Å². The average molecular weight is 527 g/mol. The number of halogens is 2. The SMILES string of the molecule is COc1cc2ncnc(Nc3cccc(Cl)c3F)c2cc1O[C@H]1C[C@H](C(N)=O)[N+](C)(c2ccnn2C)C1. The number of rotatable bonds is 7. The van der Waals surface area contributed by atoms with E-state index in [9.17, 15) is 9.18 Å². The van der Waals surface area contributed by atoms with Crippen molar-refractivity contribution in [3.8, 4) is 11.5 Å². The second-order valence-electron chi connectivity index (χ2n) is 9.13. The lowest BCUT2D eigenvalue weighted by molar-refractivity contribution is -0.121. The summed E-state index contributed by atoms with van der Waals surface area (Å²) in [5.74, 6) is 1.12. The van der Waals surface area contributed by atoms with Crippen LogP contribution in [0.4, 0.5) is 21.7 Å². The summed E-state index contributed by atoms with van der Waals surface area (Å²) in [5, 5.41) is 7.84. The minimum Gasteiger partial charge on any atom is -0.493 e. The molecule has 1 aliphatic heterocycles. The number of methoxy groups -OCH3 is 1. The molecule has 0 bridgehead atoms. The molecule has 0 aliphatic carbocycles. The molecule has 37 heavy (non-hydrogen) atoms. The first kappa shape index (κ1) is 24.7. The van der Waals surface area contributed by atoms with Crippen LogP contribution in [0.2, 0.25) is 5.02 Å². The van der Waals surface area contributed by atoms with E-state index in [1.807, 2.05) is 20.2 Å². The molecule has 1 fully saturated rings. The Labute approximate surface area is 217 Å². The largest absolute Gasteiger partial charge is 0.493 e. The summed E-state index contributed by atoms with van der Waals surface area (Å²) in [6.07, 6.45) is 3.12. The fraction of sp³-hybridized carbons (Fsp3) is 0.280. The standard InChI is InChI=1S/C25H25ClFN7O3/c1-33-22(7-8-31-33)34(2)12-14(9-19(34)24(28)35)37-21-10-15-18(11-20(21)36-3)29-13-30-25(15)32-17-6-4-5-16(26)23(17)27/h4-8,10-11,13-14,19H,9,12H2,1-3H3,(H2-,28,29,30,32,35)/p+1/t14-,19+,34?/m0/s1. The number of hydrogen-bond acceptors (Lipinski definition) is 7. The van der Waals surface area contributed by atoms with Crippen molar-refractivity contribution in [1.29, 1.82) is 0 Å². The van der Waals surface area contributed by atoms with Gasteiger partial charge in [0, 0.05) is 24.6 Å². The van der Waals surface area contributed by atoms with Crippen LogP contribution in [0.5, 0.6) is 11.5 Å². The van der Waals surface area contributed by atoms with Crippen molar-refractivity contribution >= 4 is 45.7 Å². The van der Waals surface area contributed by atoms with Gasteiger partial charge in [0.25, 0.3) is 5.91 Å². The normalized spacial score (nSPS) is 21.2. The summed E-state index contributed by atoms with van der Waals surface area (Å²) in [6, 6.07) is 9.51. The topological polar surface area (TPSA) is 117 Å². The molecule has 4 aromatic rings. The third-order valence-corrected chi connectivity index (χ3v) is 7.11. The molecule has 0 spiro atoms.